The molecule has 1 saturated heterocycles. The fourth-order valence-corrected chi connectivity index (χ4v) is 3.99. The van der Waals surface area contributed by atoms with Crippen molar-refractivity contribution in [3.63, 3.8) is 0 Å². The predicted octanol–water partition coefficient (Wildman–Crippen LogP) is 3.35. The molecule has 2 aliphatic rings. The third kappa shape index (κ3) is 4.64. The Morgan fingerprint density at radius 2 is 1.79 bits per heavy atom. The van der Waals surface area contributed by atoms with Crippen LogP contribution in [0.25, 0.3) is 0 Å². The van der Waals surface area contributed by atoms with Gasteiger partial charge < -0.3 is 9.64 Å². The van der Waals surface area contributed by atoms with Crippen LogP contribution in [0.1, 0.15) is 38.5 Å². The molecule has 3 rings (SSSR count). The van der Waals surface area contributed by atoms with Crippen molar-refractivity contribution < 1.29 is 9.53 Å². The molecule has 4 nitrogen and oxygen atoms in total. The average molecular weight is 353 g/mol. The van der Waals surface area contributed by atoms with Crippen molar-refractivity contribution in [1.29, 1.82) is 0 Å². The molecule has 1 amide bonds. The van der Waals surface area contributed by atoms with Crippen LogP contribution >= 0.6 is 12.4 Å². The number of nitrogens with zero attached hydrogens (tertiary/aromatic N) is 2. The number of likely N-dealkylation sites (tertiary alicyclic amines) is 1. The summed E-state index contributed by atoms with van der Waals surface area (Å²) in [5.41, 5.74) is 0. The van der Waals surface area contributed by atoms with Crippen LogP contribution in [-0.4, -0.2) is 54.5 Å². The number of carbonyl (C=O) groups excluding carboxylic acids is 1. The highest BCUT2D eigenvalue weighted by Gasteiger charge is 2.35. The molecule has 0 aromatic heterocycles. The molecule has 5 heteroatoms. The van der Waals surface area contributed by atoms with E-state index >= 15 is 0 Å². The number of hydrogen-bond donors (Lipinski definition) is 0. The molecule has 0 spiro atoms. The fraction of sp³-hybridized carbons (Fsp3) is 0.632. The lowest BCUT2D eigenvalue weighted by atomic mass is 9.88. The van der Waals surface area contributed by atoms with Crippen molar-refractivity contribution in [3.05, 3.63) is 30.3 Å². The summed E-state index contributed by atoms with van der Waals surface area (Å²) >= 11 is 0. The fourth-order valence-electron chi connectivity index (χ4n) is 3.99. The van der Waals surface area contributed by atoms with Gasteiger partial charge in [0.2, 0.25) is 0 Å². The molecule has 24 heavy (non-hydrogen) atoms. The van der Waals surface area contributed by atoms with E-state index in [0.29, 0.717) is 12.1 Å². The molecule has 1 aliphatic heterocycles. The van der Waals surface area contributed by atoms with Gasteiger partial charge in [-0.1, -0.05) is 31.0 Å². The van der Waals surface area contributed by atoms with Crippen LogP contribution in [0, 0.1) is 0 Å². The van der Waals surface area contributed by atoms with Gasteiger partial charge in [-0.05, 0) is 50.9 Å². The van der Waals surface area contributed by atoms with Gasteiger partial charge in [0.15, 0.2) is 6.61 Å². The van der Waals surface area contributed by atoms with E-state index in [-0.39, 0.29) is 24.9 Å². The van der Waals surface area contributed by atoms with Crippen molar-refractivity contribution in [3.8, 4) is 5.75 Å². The van der Waals surface area contributed by atoms with Crippen molar-refractivity contribution in [2.75, 3.05) is 26.7 Å². The van der Waals surface area contributed by atoms with E-state index in [1.165, 1.54) is 45.2 Å². The Hall–Kier alpha value is -1.26. The lowest BCUT2D eigenvalue weighted by Gasteiger charge is -2.42. The van der Waals surface area contributed by atoms with Crippen LogP contribution in [0.4, 0.5) is 0 Å². The molecule has 1 aromatic rings. The van der Waals surface area contributed by atoms with E-state index in [4.69, 9.17) is 4.74 Å². The number of para-hydroxylation sites is 1. The molecule has 1 heterocycles. The van der Waals surface area contributed by atoms with Crippen LogP contribution < -0.4 is 4.74 Å². The summed E-state index contributed by atoms with van der Waals surface area (Å²) in [4.78, 5) is 17.1. The Balaban J connectivity index is 0.00000208. The predicted molar refractivity (Wildman–Crippen MR) is 98.8 cm³/mol. The quantitative estimate of drug-likeness (QED) is 0.814. The highest BCUT2D eigenvalue weighted by molar-refractivity contribution is 5.85. The summed E-state index contributed by atoms with van der Waals surface area (Å²) in [6.45, 7) is 2.52. The number of ether oxygens (including phenoxy) is 1. The maximum absolute atomic E-state index is 12.6. The summed E-state index contributed by atoms with van der Waals surface area (Å²) < 4.78 is 5.64. The number of rotatable bonds is 5. The molecule has 134 valence electrons. The van der Waals surface area contributed by atoms with Gasteiger partial charge in [0.1, 0.15) is 5.75 Å². The molecule has 1 aliphatic carbocycles. The Bertz CT molecular complexity index is 505. The van der Waals surface area contributed by atoms with E-state index in [9.17, 15) is 4.79 Å². The van der Waals surface area contributed by atoms with Crippen LogP contribution in [0.3, 0.4) is 0 Å². The standard InChI is InChI=1S/C19H28N2O2.ClH/c1-20(19(22)15-23-16-9-3-2-4-10-16)17-11-5-6-12-18(17)21-13-7-8-14-21;/h2-4,9-10,17-18H,5-8,11-15H2,1H3;1H. The molecule has 1 aromatic carbocycles. The molecule has 2 unspecified atom stereocenters. The van der Waals surface area contributed by atoms with E-state index in [2.05, 4.69) is 4.90 Å². The second kappa shape index (κ2) is 9.28. The van der Waals surface area contributed by atoms with Crippen molar-refractivity contribution in [1.82, 2.24) is 9.80 Å². The van der Waals surface area contributed by atoms with E-state index in [1.54, 1.807) is 0 Å². The van der Waals surface area contributed by atoms with Crippen LogP contribution in [0.5, 0.6) is 5.75 Å². The second-order valence-electron chi connectivity index (χ2n) is 6.77. The molecule has 0 bridgehead atoms. The number of likely N-dealkylation sites (N-methyl/N-ethyl adjacent to an activating group) is 1. The number of benzene rings is 1. The van der Waals surface area contributed by atoms with E-state index < -0.39 is 0 Å². The van der Waals surface area contributed by atoms with E-state index in [0.717, 1.165) is 12.2 Å². The molecule has 0 N–H and O–H groups in total. The zero-order valence-electron chi connectivity index (χ0n) is 14.5. The Morgan fingerprint density at radius 1 is 1.12 bits per heavy atom. The third-order valence-corrected chi connectivity index (χ3v) is 5.30. The number of hydrogen-bond acceptors (Lipinski definition) is 3. The highest BCUT2D eigenvalue weighted by atomic mass is 35.5. The smallest absolute Gasteiger partial charge is 0.260 e. The van der Waals surface area contributed by atoms with Crippen LogP contribution in [0.2, 0.25) is 0 Å². The third-order valence-electron chi connectivity index (χ3n) is 5.30. The van der Waals surface area contributed by atoms with Crippen molar-refractivity contribution >= 4 is 18.3 Å². The Kier molecular flexibility index (Phi) is 7.38. The lowest BCUT2D eigenvalue weighted by molar-refractivity contribution is -0.136. The van der Waals surface area contributed by atoms with E-state index in [1.807, 2.05) is 42.3 Å². The second-order valence-corrected chi connectivity index (χ2v) is 6.77. The molecule has 2 fully saturated rings. The van der Waals surface area contributed by atoms with Gasteiger partial charge in [0, 0.05) is 19.1 Å². The first-order chi connectivity index (χ1) is 11.3. The number of carbonyl (C=O) groups is 1. The minimum absolute atomic E-state index is 0. The first-order valence-corrected chi connectivity index (χ1v) is 8.93. The monoisotopic (exact) mass is 352 g/mol. The molecule has 1 saturated carbocycles. The van der Waals surface area contributed by atoms with Crippen molar-refractivity contribution in [2.45, 2.75) is 50.6 Å². The topological polar surface area (TPSA) is 32.8 Å². The normalized spacial score (nSPS) is 24.2. The lowest BCUT2D eigenvalue weighted by Crippen LogP contribution is -2.53. The number of halogens is 1. The molecular formula is C19H29ClN2O2. The van der Waals surface area contributed by atoms with Gasteiger partial charge in [-0.15, -0.1) is 12.4 Å². The van der Waals surface area contributed by atoms with Crippen LogP contribution in [-0.2, 0) is 4.79 Å². The van der Waals surface area contributed by atoms with Gasteiger partial charge in [-0.3, -0.25) is 9.69 Å². The summed E-state index contributed by atoms with van der Waals surface area (Å²) in [6.07, 6.45) is 7.47. The Morgan fingerprint density at radius 3 is 2.50 bits per heavy atom. The van der Waals surface area contributed by atoms with Gasteiger partial charge in [0.05, 0.1) is 0 Å². The largest absolute Gasteiger partial charge is 0.484 e. The maximum atomic E-state index is 12.6. The molecule has 2 atom stereocenters. The van der Waals surface area contributed by atoms with Gasteiger partial charge >= 0.3 is 0 Å². The van der Waals surface area contributed by atoms with Gasteiger partial charge in [-0.2, -0.15) is 0 Å². The zero-order valence-corrected chi connectivity index (χ0v) is 15.3. The summed E-state index contributed by atoms with van der Waals surface area (Å²) in [5.74, 6) is 0.846. The first-order valence-electron chi connectivity index (χ1n) is 8.93. The molecular weight excluding hydrogens is 324 g/mol. The van der Waals surface area contributed by atoms with Crippen LogP contribution in [0.15, 0.2) is 30.3 Å². The summed E-state index contributed by atoms with van der Waals surface area (Å²) in [6, 6.07) is 10.5. The number of amides is 1. The summed E-state index contributed by atoms with van der Waals surface area (Å²) in [7, 11) is 1.95. The molecule has 0 radical (unpaired) electrons. The SMILES string of the molecule is CN(C(=O)COc1ccccc1)C1CCCCC1N1CCCC1.Cl. The van der Waals surface area contributed by atoms with Gasteiger partial charge in [-0.25, -0.2) is 0 Å². The Labute approximate surface area is 151 Å². The maximum Gasteiger partial charge on any atom is 0.260 e. The average Bonchev–Trinajstić information content (AvgIpc) is 3.14. The van der Waals surface area contributed by atoms with Gasteiger partial charge in [0.25, 0.3) is 5.91 Å². The first kappa shape index (κ1) is 19.1. The minimum Gasteiger partial charge on any atom is -0.484 e. The minimum atomic E-state index is 0. The zero-order chi connectivity index (χ0) is 16.1. The van der Waals surface area contributed by atoms with Crippen molar-refractivity contribution in [2.24, 2.45) is 0 Å². The summed E-state index contributed by atoms with van der Waals surface area (Å²) in [5, 5.41) is 0. The highest BCUT2D eigenvalue weighted by Crippen LogP contribution is 2.29.